The Morgan fingerprint density at radius 3 is 3.00 bits per heavy atom. The predicted molar refractivity (Wildman–Crippen MR) is 61.8 cm³/mol. The van der Waals surface area contributed by atoms with Gasteiger partial charge in [0, 0.05) is 24.5 Å². The molecule has 3 heteroatoms. The maximum Gasteiger partial charge on any atom is 0.0949 e. The molecule has 1 aliphatic carbocycles. The summed E-state index contributed by atoms with van der Waals surface area (Å²) in [7, 11) is 0. The molecule has 1 aliphatic rings. The lowest BCUT2D eigenvalue weighted by molar-refractivity contribution is 0.263. The first-order valence-electron chi connectivity index (χ1n) is 6.12. The Morgan fingerprint density at radius 1 is 1.40 bits per heavy atom. The number of hydrogen-bond donors (Lipinski definition) is 1. The van der Waals surface area contributed by atoms with E-state index in [-0.39, 0.29) is 0 Å². The summed E-state index contributed by atoms with van der Waals surface area (Å²) in [5, 5.41) is 3.66. The van der Waals surface area contributed by atoms with Crippen LogP contribution in [-0.4, -0.2) is 22.1 Å². The molecule has 0 amide bonds. The van der Waals surface area contributed by atoms with Gasteiger partial charge in [0.05, 0.1) is 6.33 Å². The maximum atomic E-state index is 4.15. The molecule has 0 unspecified atom stereocenters. The van der Waals surface area contributed by atoms with E-state index in [4.69, 9.17) is 0 Å². The Balaban J connectivity index is 1.99. The van der Waals surface area contributed by atoms with Crippen molar-refractivity contribution in [2.24, 2.45) is 0 Å². The molecule has 84 valence electrons. The molecule has 0 bridgehead atoms. The average Bonchev–Trinajstić information content (AvgIpc) is 2.80. The molecular weight excluding hydrogens is 186 g/mol. The molecule has 1 aromatic heterocycles. The highest BCUT2D eigenvalue weighted by atomic mass is 15.1. The van der Waals surface area contributed by atoms with Crippen molar-refractivity contribution in [3.05, 3.63) is 18.7 Å². The zero-order valence-corrected chi connectivity index (χ0v) is 9.52. The minimum atomic E-state index is 0.618. The van der Waals surface area contributed by atoms with Crippen LogP contribution in [0.5, 0.6) is 0 Å². The van der Waals surface area contributed by atoms with Gasteiger partial charge in [-0.2, -0.15) is 0 Å². The van der Waals surface area contributed by atoms with E-state index in [0.29, 0.717) is 12.1 Å². The van der Waals surface area contributed by atoms with E-state index in [9.17, 15) is 0 Å². The molecule has 0 saturated heterocycles. The highest BCUT2D eigenvalue weighted by Gasteiger charge is 2.25. The molecule has 3 nitrogen and oxygen atoms in total. The van der Waals surface area contributed by atoms with Crippen LogP contribution in [0.2, 0.25) is 0 Å². The highest BCUT2D eigenvalue weighted by molar-refractivity contribution is 4.89. The van der Waals surface area contributed by atoms with Crippen molar-refractivity contribution in [2.45, 2.75) is 51.1 Å². The summed E-state index contributed by atoms with van der Waals surface area (Å²) < 4.78 is 2.27. The molecule has 2 rings (SSSR count). The lowest BCUT2D eigenvalue weighted by Gasteiger charge is -2.33. The molecule has 2 atom stereocenters. The smallest absolute Gasteiger partial charge is 0.0949 e. The second-order valence-electron chi connectivity index (χ2n) is 4.42. The summed E-state index contributed by atoms with van der Waals surface area (Å²) in [6, 6.07) is 1.26. The summed E-state index contributed by atoms with van der Waals surface area (Å²) >= 11 is 0. The van der Waals surface area contributed by atoms with Crippen LogP contribution in [0.1, 0.15) is 45.1 Å². The van der Waals surface area contributed by atoms with Gasteiger partial charge in [0.15, 0.2) is 0 Å². The van der Waals surface area contributed by atoms with E-state index >= 15 is 0 Å². The van der Waals surface area contributed by atoms with Gasteiger partial charge in [-0.25, -0.2) is 4.98 Å². The van der Waals surface area contributed by atoms with E-state index in [2.05, 4.69) is 28.0 Å². The standard InChI is InChI=1S/C12H21N3/c1-2-7-14-11-5-3-4-6-12(11)15-9-8-13-10-15/h8-12,14H,2-7H2,1H3/t11-,12+/m1/s1. The van der Waals surface area contributed by atoms with E-state index in [1.54, 1.807) is 0 Å². The van der Waals surface area contributed by atoms with Crippen LogP contribution in [-0.2, 0) is 0 Å². The largest absolute Gasteiger partial charge is 0.333 e. The van der Waals surface area contributed by atoms with Crippen LogP contribution in [0.25, 0.3) is 0 Å². The fourth-order valence-corrected chi connectivity index (χ4v) is 2.50. The fourth-order valence-electron chi connectivity index (χ4n) is 2.50. The van der Waals surface area contributed by atoms with Crippen LogP contribution in [0.4, 0.5) is 0 Å². The Kier molecular flexibility index (Phi) is 3.78. The lowest BCUT2D eigenvalue weighted by Crippen LogP contribution is -2.39. The zero-order valence-electron chi connectivity index (χ0n) is 9.52. The van der Waals surface area contributed by atoms with Crippen molar-refractivity contribution in [3.8, 4) is 0 Å². The summed E-state index contributed by atoms with van der Waals surface area (Å²) in [6.07, 6.45) is 12.5. The van der Waals surface area contributed by atoms with Gasteiger partial charge in [-0.15, -0.1) is 0 Å². The first-order chi connectivity index (χ1) is 7.42. The summed E-state index contributed by atoms with van der Waals surface area (Å²) in [5.74, 6) is 0. The number of aromatic nitrogens is 2. The van der Waals surface area contributed by atoms with Gasteiger partial charge in [-0.05, 0) is 25.8 Å². The van der Waals surface area contributed by atoms with Gasteiger partial charge >= 0.3 is 0 Å². The van der Waals surface area contributed by atoms with Gasteiger partial charge in [-0.1, -0.05) is 19.8 Å². The van der Waals surface area contributed by atoms with E-state index in [1.807, 2.05) is 12.5 Å². The minimum absolute atomic E-state index is 0.618. The van der Waals surface area contributed by atoms with Gasteiger partial charge in [-0.3, -0.25) is 0 Å². The van der Waals surface area contributed by atoms with Gasteiger partial charge in [0.2, 0.25) is 0 Å². The quantitative estimate of drug-likeness (QED) is 0.821. The van der Waals surface area contributed by atoms with Crippen LogP contribution in [0.3, 0.4) is 0 Å². The third-order valence-electron chi connectivity index (χ3n) is 3.29. The minimum Gasteiger partial charge on any atom is -0.333 e. The highest BCUT2D eigenvalue weighted by Crippen LogP contribution is 2.28. The molecule has 0 aromatic carbocycles. The predicted octanol–water partition coefficient (Wildman–Crippen LogP) is 2.37. The first kappa shape index (κ1) is 10.7. The van der Waals surface area contributed by atoms with Crippen molar-refractivity contribution in [3.63, 3.8) is 0 Å². The molecule has 1 heterocycles. The second-order valence-corrected chi connectivity index (χ2v) is 4.42. The first-order valence-corrected chi connectivity index (χ1v) is 6.12. The molecule has 1 fully saturated rings. The molecule has 0 spiro atoms. The average molecular weight is 207 g/mol. The lowest BCUT2D eigenvalue weighted by atomic mass is 9.90. The van der Waals surface area contributed by atoms with E-state index < -0.39 is 0 Å². The van der Waals surface area contributed by atoms with Crippen LogP contribution in [0.15, 0.2) is 18.7 Å². The van der Waals surface area contributed by atoms with Crippen molar-refractivity contribution in [1.82, 2.24) is 14.9 Å². The third-order valence-corrected chi connectivity index (χ3v) is 3.29. The molecule has 15 heavy (non-hydrogen) atoms. The van der Waals surface area contributed by atoms with Gasteiger partial charge < -0.3 is 9.88 Å². The molecule has 0 aliphatic heterocycles. The van der Waals surface area contributed by atoms with Gasteiger partial charge in [0.25, 0.3) is 0 Å². The normalized spacial score (nSPS) is 26.7. The summed E-state index contributed by atoms with van der Waals surface area (Å²) in [4.78, 5) is 4.15. The monoisotopic (exact) mass is 207 g/mol. The zero-order chi connectivity index (χ0) is 10.5. The molecular formula is C12H21N3. The Labute approximate surface area is 91.9 Å². The van der Waals surface area contributed by atoms with E-state index in [0.717, 1.165) is 6.54 Å². The number of nitrogens with zero attached hydrogens (tertiary/aromatic N) is 2. The Morgan fingerprint density at radius 2 is 2.27 bits per heavy atom. The number of rotatable bonds is 4. The van der Waals surface area contributed by atoms with Gasteiger partial charge in [0.1, 0.15) is 0 Å². The fraction of sp³-hybridized carbons (Fsp3) is 0.750. The maximum absolute atomic E-state index is 4.15. The van der Waals surface area contributed by atoms with E-state index in [1.165, 1.54) is 32.1 Å². The SMILES string of the molecule is CCCN[C@@H]1CCCC[C@@H]1n1ccnc1. The number of hydrogen-bond acceptors (Lipinski definition) is 2. The van der Waals surface area contributed by atoms with Crippen molar-refractivity contribution in [2.75, 3.05) is 6.54 Å². The van der Waals surface area contributed by atoms with Crippen molar-refractivity contribution in [1.29, 1.82) is 0 Å². The summed E-state index contributed by atoms with van der Waals surface area (Å²) in [5.41, 5.74) is 0. The topological polar surface area (TPSA) is 29.9 Å². The summed E-state index contributed by atoms with van der Waals surface area (Å²) in [6.45, 7) is 3.36. The number of nitrogens with one attached hydrogen (secondary N) is 1. The van der Waals surface area contributed by atoms with Crippen LogP contribution < -0.4 is 5.32 Å². The molecule has 0 radical (unpaired) electrons. The second kappa shape index (κ2) is 5.31. The van der Waals surface area contributed by atoms with Crippen LogP contribution in [0, 0.1) is 0 Å². The molecule has 1 N–H and O–H groups in total. The number of imidazole rings is 1. The van der Waals surface area contributed by atoms with Crippen molar-refractivity contribution < 1.29 is 0 Å². The Hall–Kier alpha value is -0.830. The molecule has 1 aromatic rings. The molecule has 1 saturated carbocycles. The third kappa shape index (κ3) is 2.59. The van der Waals surface area contributed by atoms with Crippen LogP contribution >= 0.6 is 0 Å². The Bertz CT molecular complexity index is 268. The van der Waals surface area contributed by atoms with Crippen molar-refractivity contribution >= 4 is 0 Å².